The van der Waals surface area contributed by atoms with E-state index in [1.165, 1.54) is 0 Å². The summed E-state index contributed by atoms with van der Waals surface area (Å²) in [4.78, 5) is -0.318. The molecule has 0 aliphatic heterocycles. The Hall–Kier alpha value is -0.170. The van der Waals surface area contributed by atoms with Gasteiger partial charge in [-0.3, -0.25) is 0 Å². The molecule has 0 saturated carbocycles. The average Bonchev–Trinajstić information content (AvgIpc) is 1.97. The van der Waals surface area contributed by atoms with Gasteiger partial charge in [-0.2, -0.15) is 0 Å². The lowest BCUT2D eigenvalue weighted by Gasteiger charge is -2.01. The molecule has 0 radical (unpaired) electrons. The molecule has 0 aliphatic carbocycles. The van der Waals surface area contributed by atoms with Crippen molar-refractivity contribution in [3.63, 3.8) is 0 Å². The fourth-order valence-electron chi connectivity index (χ4n) is 0.697. The van der Waals surface area contributed by atoms with Crippen LogP contribution in [-0.2, 0) is 10.0 Å². The van der Waals surface area contributed by atoms with Crippen molar-refractivity contribution in [3.05, 3.63) is 27.4 Å². The Morgan fingerprint density at radius 3 is 2.38 bits per heavy atom. The molecule has 0 bridgehead atoms. The van der Waals surface area contributed by atoms with E-state index in [0.717, 1.165) is 12.1 Å². The Morgan fingerprint density at radius 1 is 1.46 bits per heavy atom. The minimum Gasteiger partial charge on any atom is -0.225 e. The van der Waals surface area contributed by atoms with Gasteiger partial charge in [0.15, 0.2) is 0 Å². The zero-order valence-electron chi connectivity index (χ0n) is 6.09. The van der Waals surface area contributed by atoms with Gasteiger partial charge in [0.05, 0.1) is 9.92 Å². The van der Waals surface area contributed by atoms with E-state index in [4.69, 9.17) is 16.7 Å². The number of hydrogen-bond acceptors (Lipinski definition) is 2. The summed E-state index contributed by atoms with van der Waals surface area (Å²) in [5.41, 5.74) is 0. The molecule has 7 heteroatoms. The number of primary sulfonamides is 1. The van der Waals surface area contributed by atoms with E-state index < -0.39 is 15.8 Å². The number of benzene rings is 1. The van der Waals surface area contributed by atoms with E-state index in [2.05, 4.69) is 15.9 Å². The van der Waals surface area contributed by atoms with E-state index >= 15 is 0 Å². The molecule has 0 amide bonds. The van der Waals surface area contributed by atoms with E-state index in [-0.39, 0.29) is 14.4 Å². The fourth-order valence-corrected chi connectivity index (χ4v) is 1.94. The quantitative estimate of drug-likeness (QED) is 0.802. The summed E-state index contributed by atoms with van der Waals surface area (Å²) in [6.07, 6.45) is 0. The van der Waals surface area contributed by atoms with Crippen molar-refractivity contribution in [2.75, 3.05) is 0 Å². The molecule has 2 N–H and O–H groups in total. The monoisotopic (exact) mass is 287 g/mol. The van der Waals surface area contributed by atoms with Gasteiger partial charge in [0.1, 0.15) is 5.82 Å². The van der Waals surface area contributed by atoms with Gasteiger partial charge in [0.25, 0.3) is 0 Å². The number of nitrogens with two attached hydrogens (primary N) is 1. The van der Waals surface area contributed by atoms with E-state index in [1.54, 1.807) is 0 Å². The van der Waals surface area contributed by atoms with Crippen LogP contribution in [0.4, 0.5) is 4.39 Å². The van der Waals surface area contributed by atoms with Crippen molar-refractivity contribution in [1.29, 1.82) is 0 Å². The highest BCUT2D eigenvalue weighted by Gasteiger charge is 2.13. The third kappa shape index (κ3) is 2.40. The summed E-state index contributed by atoms with van der Waals surface area (Å²) in [6, 6.07) is 1.91. The molecule has 72 valence electrons. The molecule has 0 aromatic heterocycles. The molecule has 0 atom stereocenters. The van der Waals surface area contributed by atoms with Gasteiger partial charge in [-0.1, -0.05) is 11.6 Å². The maximum Gasteiger partial charge on any atom is 0.238 e. The van der Waals surface area contributed by atoms with Crippen LogP contribution in [0.5, 0.6) is 0 Å². The lowest BCUT2D eigenvalue weighted by Crippen LogP contribution is -2.12. The molecule has 0 unspecified atom stereocenters. The minimum absolute atomic E-state index is 0.151. The number of halogens is 3. The van der Waals surface area contributed by atoms with Crippen LogP contribution in [0.25, 0.3) is 0 Å². The van der Waals surface area contributed by atoms with Gasteiger partial charge in [-0.25, -0.2) is 17.9 Å². The summed E-state index contributed by atoms with van der Waals surface area (Å²) < 4.78 is 34.6. The summed E-state index contributed by atoms with van der Waals surface area (Å²) >= 11 is 8.34. The van der Waals surface area contributed by atoms with Gasteiger partial charge < -0.3 is 0 Å². The second kappa shape index (κ2) is 3.53. The molecule has 0 fully saturated rings. The third-order valence-electron chi connectivity index (χ3n) is 1.29. The van der Waals surface area contributed by atoms with Crippen LogP contribution in [0.1, 0.15) is 0 Å². The fraction of sp³-hybridized carbons (Fsp3) is 0. The first-order valence-electron chi connectivity index (χ1n) is 2.99. The normalized spacial score (nSPS) is 11.7. The molecule has 0 saturated heterocycles. The standard InChI is InChI=1S/C6H4BrClFNO2S/c7-4-1-3(13(10,11)12)2-5(9)6(4)8/h1-2H,(H2,10,11,12). The second-order valence-electron chi connectivity index (χ2n) is 2.25. The Kier molecular flexibility index (Phi) is 2.96. The highest BCUT2D eigenvalue weighted by Crippen LogP contribution is 2.27. The van der Waals surface area contributed by atoms with Gasteiger partial charge in [0, 0.05) is 4.47 Å². The van der Waals surface area contributed by atoms with Crippen molar-refractivity contribution in [1.82, 2.24) is 0 Å². The Bertz CT molecular complexity index is 425. The SMILES string of the molecule is NS(=O)(=O)c1cc(F)c(Cl)c(Br)c1. The molecular weight excluding hydrogens is 284 g/mol. The van der Waals surface area contributed by atoms with Gasteiger partial charge in [-0.15, -0.1) is 0 Å². The average molecular weight is 289 g/mol. The summed E-state index contributed by atoms with van der Waals surface area (Å²) in [5, 5.41) is 4.61. The van der Waals surface area contributed by atoms with Crippen LogP contribution in [-0.4, -0.2) is 8.42 Å². The predicted molar refractivity (Wildman–Crippen MR) is 50.5 cm³/mol. The van der Waals surface area contributed by atoms with Gasteiger partial charge in [0.2, 0.25) is 10.0 Å². The molecular formula is C6H4BrClFNO2S. The van der Waals surface area contributed by atoms with Crippen LogP contribution < -0.4 is 5.14 Å². The first kappa shape index (κ1) is 10.9. The summed E-state index contributed by atoms with van der Waals surface area (Å²) in [5.74, 6) is -0.833. The van der Waals surface area contributed by atoms with Crippen LogP contribution in [0, 0.1) is 5.82 Å². The van der Waals surface area contributed by atoms with Crippen LogP contribution in [0.15, 0.2) is 21.5 Å². The lowest BCUT2D eigenvalue weighted by molar-refractivity contribution is 0.592. The van der Waals surface area contributed by atoms with E-state index in [0.29, 0.717) is 0 Å². The number of sulfonamides is 1. The zero-order chi connectivity index (χ0) is 10.2. The van der Waals surface area contributed by atoms with E-state index in [9.17, 15) is 12.8 Å². The Labute approximate surface area is 87.9 Å². The van der Waals surface area contributed by atoms with E-state index in [1.807, 2.05) is 0 Å². The summed E-state index contributed by atoms with van der Waals surface area (Å²) in [7, 11) is -3.89. The van der Waals surface area contributed by atoms with Crippen molar-refractivity contribution >= 4 is 37.6 Å². The Balaban J connectivity index is 3.47. The van der Waals surface area contributed by atoms with Crippen molar-refractivity contribution in [2.45, 2.75) is 4.90 Å². The third-order valence-corrected chi connectivity index (χ3v) is 3.42. The molecule has 0 spiro atoms. The molecule has 1 aromatic carbocycles. The largest absolute Gasteiger partial charge is 0.238 e. The molecule has 1 rings (SSSR count). The maximum atomic E-state index is 12.9. The van der Waals surface area contributed by atoms with Crippen molar-refractivity contribution in [3.8, 4) is 0 Å². The zero-order valence-corrected chi connectivity index (χ0v) is 9.25. The summed E-state index contributed by atoms with van der Waals surface area (Å²) in [6.45, 7) is 0. The van der Waals surface area contributed by atoms with Crippen LogP contribution in [0.2, 0.25) is 5.02 Å². The first-order valence-corrected chi connectivity index (χ1v) is 5.71. The number of rotatable bonds is 1. The lowest BCUT2D eigenvalue weighted by atomic mass is 10.3. The minimum atomic E-state index is -3.89. The maximum absolute atomic E-state index is 12.9. The van der Waals surface area contributed by atoms with Gasteiger partial charge >= 0.3 is 0 Å². The van der Waals surface area contributed by atoms with Crippen molar-refractivity contribution < 1.29 is 12.8 Å². The molecule has 13 heavy (non-hydrogen) atoms. The molecule has 0 heterocycles. The number of hydrogen-bond donors (Lipinski definition) is 1. The first-order chi connectivity index (χ1) is 5.82. The second-order valence-corrected chi connectivity index (χ2v) is 5.04. The smallest absolute Gasteiger partial charge is 0.225 e. The highest BCUT2D eigenvalue weighted by molar-refractivity contribution is 9.10. The molecule has 0 aliphatic rings. The Morgan fingerprint density at radius 2 is 2.00 bits per heavy atom. The molecule has 1 aromatic rings. The van der Waals surface area contributed by atoms with Crippen LogP contribution >= 0.6 is 27.5 Å². The van der Waals surface area contributed by atoms with Crippen LogP contribution in [0.3, 0.4) is 0 Å². The predicted octanol–water partition coefficient (Wildman–Crippen LogP) is 1.89. The van der Waals surface area contributed by atoms with Crippen molar-refractivity contribution in [2.24, 2.45) is 5.14 Å². The highest BCUT2D eigenvalue weighted by atomic mass is 79.9. The molecule has 3 nitrogen and oxygen atoms in total. The van der Waals surface area contributed by atoms with Gasteiger partial charge in [-0.05, 0) is 28.1 Å². The topological polar surface area (TPSA) is 60.2 Å².